The van der Waals surface area contributed by atoms with Crippen LogP contribution in [0.5, 0.6) is 0 Å². The number of aliphatic imine (C=N–C) groups is 1. The van der Waals surface area contributed by atoms with Crippen LogP contribution in [0.3, 0.4) is 0 Å². The number of pyridine rings is 2. The molecule has 0 bridgehead atoms. The summed E-state index contributed by atoms with van der Waals surface area (Å²) >= 11 is 0. The normalized spacial score (nSPS) is 10.9. The molecule has 0 radical (unpaired) electrons. The van der Waals surface area contributed by atoms with Gasteiger partial charge >= 0.3 is 0 Å². The molecular formula is C18H14N6O2. The number of hydrogen-bond acceptors (Lipinski definition) is 3. The number of guanidine groups is 1. The molecule has 0 saturated heterocycles. The summed E-state index contributed by atoms with van der Waals surface area (Å²) in [6.45, 7) is 0. The first-order chi connectivity index (χ1) is 12.5. The van der Waals surface area contributed by atoms with Crippen LogP contribution in [-0.4, -0.2) is 26.4 Å². The molecule has 0 saturated carbocycles. The molecule has 1 amide bonds. The van der Waals surface area contributed by atoms with Gasteiger partial charge in [0.2, 0.25) is 0 Å². The number of carbonyl (C=O) groups is 1. The number of hydrogen-bond donors (Lipinski definition) is 3. The summed E-state index contributed by atoms with van der Waals surface area (Å²) in [7, 11) is 0. The standard InChI is InChI=1S/C18H14N6O2/c19-18(20)23-17(26)12-9-24(16-10(12)5-3-7-21-16)14-8-15(25)22-13-6-2-1-4-11(13)14/h1-9H,(H,22,25)(H4,19,20,23,26). The van der Waals surface area contributed by atoms with Gasteiger partial charge in [-0.1, -0.05) is 18.2 Å². The van der Waals surface area contributed by atoms with Gasteiger partial charge < -0.3 is 16.5 Å². The molecule has 0 atom stereocenters. The Balaban J connectivity index is 2.07. The van der Waals surface area contributed by atoms with E-state index < -0.39 is 5.91 Å². The van der Waals surface area contributed by atoms with Crippen LogP contribution in [-0.2, 0) is 0 Å². The summed E-state index contributed by atoms with van der Waals surface area (Å²) in [5.74, 6) is -0.891. The van der Waals surface area contributed by atoms with E-state index in [0.29, 0.717) is 27.8 Å². The molecule has 0 aliphatic heterocycles. The molecule has 128 valence electrons. The first kappa shape index (κ1) is 15.6. The third-order valence-electron chi connectivity index (χ3n) is 4.01. The maximum Gasteiger partial charge on any atom is 0.282 e. The van der Waals surface area contributed by atoms with E-state index in [4.69, 9.17) is 11.5 Å². The molecule has 0 aliphatic carbocycles. The Bertz CT molecular complexity index is 1250. The van der Waals surface area contributed by atoms with Gasteiger partial charge in [0.15, 0.2) is 5.96 Å². The van der Waals surface area contributed by atoms with Gasteiger partial charge in [0.25, 0.3) is 11.5 Å². The van der Waals surface area contributed by atoms with Gasteiger partial charge in [-0.3, -0.25) is 14.2 Å². The van der Waals surface area contributed by atoms with E-state index in [0.717, 1.165) is 5.39 Å². The molecule has 4 rings (SSSR count). The average molecular weight is 346 g/mol. The Kier molecular flexibility index (Phi) is 3.51. The topological polar surface area (TPSA) is 132 Å². The van der Waals surface area contributed by atoms with Gasteiger partial charge in [0.1, 0.15) is 5.65 Å². The molecule has 4 aromatic rings. The number of H-pyrrole nitrogens is 1. The zero-order valence-electron chi connectivity index (χ0n) is 13.5. The van der Waals surface area contributed by atoms with Crippen LogP contribution in [0.4, 0.5) is 0 Å². The van der Waals surface area contributed by atoms with E-state index in [1.54, 1.807) is 29.1 Å². The lowest BCUT2D eigenvalue weighted by atomic mass is 10.2. The quantitative estimate of drug-likeness (QED) is 0.371. The molecule has 0 spiro atoms. The molecule has 3 heterocycles. The van der Waals surface area contributed by atoms with Crippen LogP contribution in [0.1, 0.15) is 10.4 Å². The molecule has 0 fully saturated rings. The number of para-hydroxylation sites is 1. The maximum atomic E-state index is 12.4. The second kappa shape index (κ2) is 5.85. The molecular weight excluding hydrogens is 332 g/mol. The number of nitrogens with zero attached hydrogens (tertiary/aromatic N) is 3. The van der Waals surface area contributed by atoms with Gasteiger partial charge in [0, 0.05) is 29.2 Å². The fourth-order valence-corrected chi connectivity index (χ4v) is 2.98. The van der Waals surface area contributed by atoms with Crippen LogP contribution in [0.25, 0.3) is 27.6 Å². The van der Waals surface area contributed by atoms with Crippen LogP contribution in [0.2, 0.25) is 0 Å². The van der Waals surface area contributed by atoms with Crippen molar-refractivity contribution in [3.8, 4) is 5.69 Å². The van der Waals surface area contributed by atoms with Crippen molar-refractivity contribution in [2.45, 2.75) is 0 Å². The zero-order valence-corrected chi connectivity index (χ0v) is 13.5. The van der Waals surface area contributed by atoms with Gasteiger partial charge in [0.05, 0.1) is 16.8 Å². The van der Waals surface area contributed by atoms with Crippen LogP contribution < -0.4 is 17.0 Å². The minimum absolute atomic E-state index is 0.256. The minimum Gasteiger partial charge on any atom is -0.370 e. The Morgan fingerprint density at radius 3 is 2.69 bits per heavy atom. The summed E-state index contributed by atoms with van der Waals surface area (Å²) in [5, 5.41) is 1.40. The van der Waals surface area contributed by atoms with Gasteiger partial charge in [-0.15, -0.1) is 0 Å². The van der Waals surface area contributed by atoms with E-state index in [9.17, 15) is 9.59 Å². The molecule has 8 nitrogen and oxygen atoms in total. The van der Waals surface area contributed by atoms with Crippen molar-refractivity contribution in [3.63, 3.8) is 0 Å². The molecule has 0 unspecified atom stereocenters. The molecule has 0 aliphatic rings. The summed E-state index contributed by atoms with van der Waals surface area (Å²) in [6.07, 6.45) is 3.21. The summed E-state index contributed by atoms with van der Waals surface area (Å²) in [5.41, 5.74) is 12.5. The lowest BCUT2D eigenvalue weighted by Crippen LogP contribution is -2.24. The number of nitrogens with two attached hydrogens (primary N) is 2. The Morgan fingerprint density at radius 2 is 1.88 bits per heavy atom. The monoisotopic (exact) mass is 346 g/mol. The Labute approximate surface area is 146 Å². The number of nitrogens with one attached hydrogen (secondary N) is 1. The number of benzene rings is 1. The predicted molar refractivity (Wildman–Crippen MR) is 99.3 cm³/mol. The minimum atomic E-state index is -0.573. The molecule has 5 N–H and O–H groups in total. The number of amides is 1. The highest BCUT2D eigenvalue weighted by Gasteiger charge is 2.18. The van der Waals surface area contributed by atoms with Crippen molar-refractivity contribution >= 4 is 33.8 Å². The van der Waals surface area contributed by atoms with Crippen molar-refractivity contribution < 1.29 is 4.79 Å². The van der Waals surface area contributed by atoms with Gasteiger partial charge in [-0.2, -0.15) is 4.99 Å². The molecule has 26 heavy (non-hydrogen) atoms. The number of aromatic amines is 1. The molecule has 1 aromatic carbocycles. The third-order valence-corrected chi connectivity index (χ3v) is 4.01. The lowest BCUT2D eigenvalue weighted by Gasteiger charge is -2.08. The Hall–Kier alpha value is -3.94. The average Bonchev–Trinajstić information content (AvgIpc) is 3.00. The van der Waals surface area contributed by atoms with Crippen molar-refractivity contribution in [2.24, 2.45) is 16.5 Å². The second-order valence-electron chi connectivity index (χ2n) is 5.69. The van der Waals surface area contributed by atoms with E-state index in [1.165, 1.54) is 6.07 Å². The van der Waals surface area contributed by atoms with E-state index in [-0.39, 0.29) is 11.5 Å². The van der Waals surface area contributed by atoms with Gasteiger partial charge in [-0.05, 0) is 18.2 Å². The highest BCUT2D eigenvalue weighted by Crippen LogP contribution is 2.27. The zero-order chi connectivity index (χ0) is 18.3. The fraction of sp³-hybridized carbons (Fsp3) is 0. The van der Waals surface area contributed by atoms with Crippen LogP contribution >= 0.6 is 0 Å². The maximum absolute atomic E-state index is 12.4. The van der Waals surface area contributed by atoms with E-state index in [1.807, 2.05) is 24.3 Å². The number of carbonyl (C=O) groups excluding carboxylic acids is 1. The number of rotatable bonds is 2. The van der Waals surface area contributed by atoms with Crippen molar-refractivity contribution in [3.05, 3.63) is 70.8 Å². The highest BCUT2D eigenvalue weighted by atomic mass is 16.1. The molecule has 8 heteroatoms. The number of aromatic nitrogens is 3. The van der Waals surface area contributed by atoms with E-state index in [2.05, 4.69) is 15.0 Å². The van der Waals surface area contributed by atoms with Crippen LogP contribution in [0.15, 0.2) is 64.6 Å². The molecule has 3 aromatic heterocycles. The van der Waals surface area contributed by atoms with Gasteiger partial charge in [-0.25, -0.2) is 4.98 Å². The van der Waals surface area contributed by atoms with Crippen molar-refractivity contribution in [2.75, 3.05) is 0 Å². The summed E-state index contributed by atoms with van der Waals surface area (Å²) in [4.78, 5) is 35.2. The number of fused-ring (bicyclic) bond motifs is 2. The summed E-state index contributed by atoms with van der Waals surface area (Å²) in [6, 6.07) is 12.3. The fourth-order valence-electron chi connectivity index (χ4n) is 2.98. The second-order valence-corrected chi connectivity index (χ2v) is 5.69. The lowest BCUT2D eigenvalue weighted by molar-refractivity contribution is 0.100. The van der Waals surface area contributed by atoms with E-state index >= 15 is 0 Å². The highest BCUT2D eigenvalue weighted by molar-refractivity contribution is 6.10. The van der Waals surface area contributed by atoms with Crippen molar-refractivity contribution in [1.82, 2.24) is 14.5 Å². The first-order valence-corrected chi connectivity index (χ1v) is 7.77. The largest absolute Gasteiger partial charge is 0.370 e. The Morgan fingerprint density at radius 1 is 1.12 bits per heavy atom. The smallest absolute Gasteiger partial charge is 0.282 e. The SMILES string of the molecule is NC(N)=NC(=O)c1cn(-c2cc(=O)[nH]c3ccccc23)c2ncccc12. The van der Waals surface area contributed by atoms with Crippen LogP contribution in [0, 0.1) is 0 Å². The first-order valence-electron chi connectivity index (χ1n) is 7.77. The van der Waals surface area contributed by atoms with Crippen molar-refractivity contribution in [1.29, 1.82) is 0 Å². The summed E-state index contributed by atoms with van der Waals surface area (Å²) < 4.78 is 1.70. The predicted octanol–water partition coefficient (Wildman–Crippen LogP) is 1.28. The third kappa shape index (κ3) is 2.49.